The van der Waals surface area contributed by atoms with Gasteiger partial charge in [0.1, 0.15) is 35.2 Å². The number of nitrogen functional groups attached to an aromatic ring is 1. The highest BCUT2D eigenvalue weighted by Gasteiger charge is 2.63. The zero-order valence-electron chi connectivity index (χ0n) is 23.4. The number of nitrogens with two attached hydrogens (primary N) is 1. The lowest BCUT2D eigenvalue weighted by atomic mass is 9.84. The second-order valence-corrected chi connectivity index (χ2v) is 10.0. The number of aromatic nitrogens is 4. The van der Waals surface area contributed by atoms with E-state index < -0.39 is 116 Å². The molecule has 1 saturated heterocycles. The van der Waals surface area contributed by atoms with E-state index in [4.69, 9.17) is 10.5 Å². The Kier molecular flexibility index (Phi) is 8.11. The number of hydrogen-bond donors (Lipinski definition) is 2. The maximum Gasteiger partial charge on any atom is 0.471 e. The molecule has 0 radical (unpaired) electrons. The van der Waals surface area contributed by atoms with Crippen LogP contribution < -0.4 is 15.8 Å². The molecule has 248 valence electrons. The number of benzene rings is 1. The normalized spacial score (nSPS) is 18.4. The summed E-state index contributed by atoms with van der Waals surface area (Å²) in [6.07, 6.45) is -12.2. The molecule has 4 aromatic rings. The summed E-state index contributed by atoms with van der Waals surface area (Å²) in [5.74, 6) is -11.3. The molecule has 4 heterocycles. The molecular weight excluding hydrogens is 657 g/mol. The highest BCUT2D eigenvalue weighted by atomic mass is 19.4. The summed E-state index contributed by atoms with van der Waals surface area (Å²) >= 11 is 0. The standard InChI is InChI=1S/C27H18F9N7O4/c1-47-22-14(4-11(7-39-22)17-6-15(26(31,32)33)19-21(37)40-10-41-43(17)19)23(45)42(24(46)27(34,35)36)25(9-38-8-18(25)30)20(44)13-5-12(28)2-3-16(13)29/h2-7,10,18,38H,8-9H2,1H3,(H2,37,40,41)/t18-,25-/m0/s1. The number of alkyl halides is 7. The molecule has 3 N–H and O–H groups in total. The first-order valence-electron chi connectivity index (χ1n) is 13.0. The Bertz CT molecular complexity index is 1930. The van der Waals surface area contributed by atoms with E-state index in [1.807, 2.05) is 0 Å². The molecule has 5 rings (SSSR count). The summed E-state index contributed by atoms with van der Waals surface area (Å²) in [4.78, 5) is 47.2. The summed E-state index contributed by atoms with van der Waals surface area (Å²) < 4.78 is 134. The predicted octanol–water partition coefficient (Wildman–Crippen LogP) is 3.77. The van der Waals surface area contributed by atoms with Gasteiger partial charge in [0.2, 0.25) is 5.88 Å². The van der Waals surface area contributed by atoms with E-state index in [0.717, 1.165) is 19.6 Å². The molecule has 20 heteroatoms. The second-order valence-electron chi connectivity index (χ2n) is 10.0. The Morgan fingerprint density at radius 3 is 2.36 bits per heavy atom. The Morgan fingerprint density at radius 2 is 1.77 bits per heavy atom. The van der Waals surface area contributed by atoms with Crippen molar-refractivity contribution in [1.82, 2.24) is 29.8 Å². The molecule has 0 aliphatic carbocycles. The molecule has 11 nitrogen and oxygen atoms in total. The number of nitrogens with one attached hydrogen (secondary N) is 1. The van der Waals surface area contributed by atoms with Gasteiger partial charge in [-0.15, -0.1) is 0 Å². The molecule has 1 fully saturated rings. The number of ether oxygens (including phenoxy) is 1. The van der Waals surface area contributed by atoms with Gasteiger partial charge in [0.15, 0.2) is 17.1 Å². The fourth-order valence-corrected chi connectivity index (χ4v) is 5.22. The number of carbonyl (C=O) groups is 3. The van der Waals surface area contributed by atoms with E-state index in [1.165, 1.54) is 0 Å². The third-order valence-electron chi connectivity index (χ3n) is 7.31. The topological polar surface area (TPSA) is 145 Å². The van der Waals surface area contributed by atoms with Crippen LogP contribution in [0.3, 0.4) is 0 Å². The van der Waals surface area contributed by atoms with Crippen LogP contribution >= 0.6 is 0 Å². The number of methoxy groups -OCH3 is 1. The van der Waals surface area contributed by atoms with Crippen molar-refractivity contribution in [2.75, 3.05) is 25.9 Å². The van der Waals surface area contributed by atoms with Crippen LogP contribution in [0.25, 0.3) is 16.8 Å². The van der Waals surface area contributed by atoms with Gasteiger partial charge in [-0.05, 0) is 30.3 Å². The van der Waals surface area contributed by atoms with Gasteiger partial charge in [0, 0.05) is 24.8 Å². The highest BCUT2D eigenvalue weighted by Crippen LogP contribution is 2.40. The van der Waals surface area contributed by atoms with Gasteiger partial charge in [0.25, 0.3) is 5.91 Å². The van der Waals surface area contributed by atoms with Crippen LogP contribution in [0.5, 0.6) is 5.88 Å². The Balaban J connectivity index is 1.76. The first-order chi connectivity index (χ1) is 21.9. The number of nitrogens with zero attached hydrogens (tertiary/aromatic N) is 5. The van der Waals surface area contributed by atoms with Crippen molar-refractivity contribution in [3.05, 3.63) is 71.2 Å². The van der Waals surface area contributed by atoms with Crippen LogP contribution in [0, 0.1) is 11.6 Å². The molecule has 1 aliphatic rings. The quantitative estimate of drug-likeness (QED) is 0.231. The number of amides is 2. The number of rotatable bonds is 6. The first kappa shape index (κ1) is 33.1. The van der Waals surface area contributed by atoms with Gasteiger partial charge >= 0.3 is 18.3 Å². The number of fused-ring (bicyclic) bond motifs is 1. The van der Waals surface area contributed by atoms with E-state index >= 15 is 4.39 Å². The average molecular weight is 675 g/mol. The molecule has 47 heavy (non-hydrogen) atoms. The largest absolute Gasteiger partial charge is 0.480 e. The molecule has 0 saturated carbocycles. The number of anilines is 1. The van der Waals surface area contributed by atoms with Crippen LogP contribution in [-0.2, 0) is 11.0 Å². The molecular formula is C27H18F9N7O4. The highest BCUT2D eigenvalue weighted by molar-refractivity contribution is 6.15. The summed E-state index contributed by atoms with van der Waals surface area (Å²) in [6, 6.07) is 2.40. The minimum absolute atomic E-state index is 0.247. The van der Waals surface area contributed by atoms with Crippen LogP contribution in [0.15, 0.2) is 42.9 Å². The molecule has 0 bridgehead atoms. The SMILES string of the molecule is COc1ncc(-c2cc(C(F)(F)F)c3c(N)ncnn23)cc1C(=O)N(C(=O)C(F)(F)F)[C@@]1(C(=O)c2cc(F)ccc2F)CNC[C@@H]1F. The minimum atomic E-state index is -5.96. The molecule has 1 aromatic carbocycles. The third-order valence-corrected chi connectivity index (χ3v) is 7.31. The molecule has 0 unspecified atom stereocenters. The summed E-state index contributed by atoms with van der Waals surface area (Å²) in [7, 11) is 0.884. The lowest BCUT2D eigenvalue weighted by molar-refractivity contribution is -0.186. The van der Waals surface area contributed by atoms with E-state index in [2.05, 4.69) is 20.4 Å². The van der Waals surface area contributed by atoms with Crippen molar-refractivity contribution >= 4 is 28.9 Å². The maximum absolute atomic E-state index is 15.7. The van der Waals surface area contributed by atoms with Crippen molar-refractivity contribution in [2.45, 2.75) is 24.1 Å². The van der Waals surface area contributed by atoms with Gasteiger partial charge in [-0.3, -0.25) is 19.3 Å². The van der Waals surface area contributed by atoms with E-state index in [1.54, 1.807) is 0 Å². The Hall–Kier alpha value is -5.27. The van der Waals surface area contributed by atoms with E-state index in [-0.39, 0.29) is 6.07 Å². The van der Waals surface area contributed by atoms with Gasteiger partial charge in [-0.25, -0.2) is 27.7 Å². The van der Waals surface area contributed by atoms with Crippen molar-refractivity contribution in [1.29, 1.82) is 0 Å². The number of Topliss-reactive ketones (excluding diaryl/α,β-unsaturated/α-hetero) is 1. The third kappa shape index (κ3) is 5.47. The smallest absolute Gasteiger partial charge is 0.471 e. The van der Waals surface area contributed by atoms with Crippen LogP contribution in [0.4, 0.5) is 45.3 Å². The molecule has 0 spiro atoms. The maximum atomic E-state index is 15.7. The lowest BCUT2D eigenvalue weighted by Gasteiger charge is -2.39. The second kappa shape index (κ2) is 11.5. The predicted molar refractivity (Wildman–Crippen MR) is 141 cm³/mol. The van der Waals surface area contributed by atoms with Crippen molar-refractivity contribution < 1.29 is 58.6 Å². The fourth-order valence-electron chi connectivity index (χ4n) is 5.22. The van der Waals surface area contributed by atoms with Crippen molar-refractivity contribution in [2.24, 2.45) is 0 Å². The van der Waals surface area contributed by atoms with Crippen LogP contribution in [0.2, 0.25) is 0 Å². The number of ketones is 1. The lowest BCUT2D eigenvalue weighted by Crippen LogP contribution is -2.67. The number of carbonyl (C=O) groups excluding carboxylic acids is 3. The molecule has 1 aliphatic heterocycles. The van der Waals surface area contributed by atoms with Crippen LogP contribution in [0.1, 0.15) is 26.3 Å². The molecule has 3 aromatic heterocycles. The Morgan fingerprint density at radius 1 is 1.06 bits per heavy atom. The van der Waals surface area contributed by atoms with Crippen molar-refractivity contribution in [3.63, 3.8) is 0 Å². The van der Waals surface area contributed by atoms with Gasteiger partial charge in [0.05, 0.1) is 23.9 Å². The zero-order valence-corrected chi connectivity index (χ0v) is 23.4. The Labute approximate surface area is 256 Å². The summed E-state index contributed by atoms with van der Waals surface area (Å²) in [5.41, 5.74) is -3.14. The van der Waals surface area contributed by atoms with E-state index in [0.29, 0.717) is 28.8 Å². The average Bonchev–Trinajstić information content (AvgIpc) is 3.59. The minimum Gasteiger partial charge on any atom is -0.480 e. The fraction of sp³-hybridized carbons (Fsp3) is 0.259. The first-order valence-corrected chi connectivity index (χ1v) is 13.0. The zero-order chi connectivity index (χ0) is 34.6. The molecule has 2 atom stereocenters. The van der Waals surface area contributed by atoms with Crippen molar-refractivity contribution in [3.8, 4) is 17.1 Å². The van der Waals surface area contributed by atoms with Crippen LogP contribution in [-0.4, -0.2) is 80.2 Å². The van der Waals surface area contributed by atoms with Gasteiger partial charge < -0.3 is 15.8 Å². The number of pyridine rings is 1. The van der Waals surface area contributed by atoms with Gasteiger partial charge in [-0.1, -0.05) is 0 Å². The van der Waals surface area contributed by atoms with E-state index in [9.17, 15) is 49.5 Å². The van der Waals surface area contributed by atoms with Gasteiger partial charge in [-0.2, -0.15) is 31.4 Å². The molecule has 2 amide bonds. The summed E-state index contributed by atoms with van der Waals surface area (Å²) in [5, 5.41) is 5.96. The monoisotopic (exact) mass is 675 g/mol. The summed E-state index contributed by atoms with van der Waals surface area (Å²) in [6.45, 7) is -2.09. The number of imide groups is 1. The number of halogens is 9. The number of hydrogen-bond acceptors (Lipinski definition) is 9.